The maximum absolute atomic E-state index is 12.6. The van der Waals surface area contributed by atoms with Crippen molar-refractivity contribution in [3.8, 4) is 5.69 Å². The molecule has 3 atom stereocenters. The molecular formula is C20H26N4O4. The number of quaternary nitrogens is 1. The summed E-state index contributed by atoms with van der Waals surface area (Å²) in [4.78, 5) is 29.7. The van der Waals surface area contributed by atoms with Crippen LogP contribution in [0.25, 0.3) is 5.69 Å². The minimum Gasteiger partial charge on any atom is -0.530 e. The van der Waals surface area contributed by atoms with E-state index in [-0.39, 0.29) is 23.0 Å². The molecule has 8 heteroatoms. The second-order valence-corrected chi connectivity index (χ2v) is 7.42. The van der Waals surface area contributed by atoms with Gasteiger partial charge in [0.05, 0.1) is 44.7 Å². The van der Waals surface area contributed by atoms with E-state index in [2.05, 4.69) is 4.98 Å². The van der Waals surface area contributed by atoms with E-state index in [1.54, 1.807) is 30.9 Å². The van der Waals surface area contributed by atoms with Crippen LogP contribution in [0.5, 0.6) is 0 Å². The van der Waals surface area contributed by atoms with Gasteiger partial charge in [-0.25, -0.2) is 14.3 Å². The molecule has 1 aliphatic rings. The van der Waals surface area contributed by atoms with Gasteiger partial charge in [-0.1, -0.05) is 0 Å². The van der Waals surface area contributed by atoms with E-state index in [4.69, 9.17) is 0 Å². The molecule has 8 nitrogen and oxygen atoms in total. The van der Waals surface area contributed by atoms with Crippen molar-refractivity contribution in [3.05, 3.63) is 42.0 Å². The van der Waals surface area contributed by atoms with Crippen LogP contribution >= 0.6 is 0 Å². The first kappa shape index (κ1) is 20.0. The van der Waals surface area contributed by atoms with E-state index in [1.807, 2.05) is 32.2 Å². The molecule has 2 aromatic rings. The topological polar surface area (TPSA) is 98.5 Å². The van der Waals surface area contributed by atoms with Crippen LogP contribution in [0.2, 0.25) is 0 Å². The molecule has 2 amide bonds. The number of hydrogen-bond acceptors (Lipinski definition) is 5. The summed E-state index contributed by atoms with van der Waals surface area (Å²) in [5, 5.41) is 21.0. The highest BCUT2D eigenvalue weighted by molar-refractivity contribution is 5.88. The van der Waals surface area contributed by atoms with Crippen LogP contribution in [0, 0.1) is 0 Å². The highest BCUT2D eigenvalue weighted by atomic mass is 16.4. The van der Waals surface area contributed by atoms with Gasteiger partial charge in [0, 0.05) is 36.5 Å². The molecule has 1 unspecified atom stereocenters. The fraction of sp³-hybridized carbons (Fsp3) is 0.450. The summed E-state index contributed by atoms with van der Waals surface area (Å²) in [6.45, 7) is 5.45. The highest BCUT2D eigenvalue weighted by Gasteiger charge is 2.47. The van der Waals surface area contributed by atoms with Crippen molar-refractivity contribution >= 4 is 17.7 Å². The van der Waals surface area contributed by atoms with Crippen LogP contribution in [-0.4, -0.2) is 51.2 Å². The summed E-state index contributed by atoms with van der Waals surface area (Å²) in [6, 6.07) is 5.19. The number of fused-ring (bicyclic) bond motifs is 1. The fourth-order valence-corrected chi connectivity index (χ4v) is 4.13. The van der Waals surface area contributed by atoms with Crippen LogP contribution in [0.1, 0.15) is 44.5 Å². The Bertz CT molecular complexity index is 909. The summed E-state index contributed by atoms with van der Waals surface area (Å²) in [5.74, 6) is 0.00152. The van der Waals surface area contributed by atoms with Crippen molar-refractivity contribution in [1.29, 1.82) is 0 Å². The van der Waals surface area contributed by atoms with Crippen molar-refractivity contribution in [3.63, 3.8) is 0 Å². The number of hydrogen-bond donors (Lipinski definition) is 1. The number of carbonyl (C=O) groups excluding carboxylic acids is 2. The van der Waals surface area contributed by atoms with Crippen LogP contribution in [0.4, 0.5) is 10.5 Å². The Kier molecular flexibility index (Phi) is 5.27. The molecule has 0 aliphatic carbocycles. The molecule has 0 bridgehead atoms. The Labute approximate surface area is 164 Å². The molecule has 1 aromatic heterocycles. The van der Waals surface area contributed by atoms with Gasteiger partial charge >= 0.3 is 5.91 Å². The van der Waals surface area contributed by atoms with Crippen molar-refractivity contribution in [2.45, 2.75) is 45.9 Å². The zero-order valence-electron chi connectivity index (χ0n) is 16.6. The third-order valence-corrected chi connectivity index (χ3v) is 6.02. The van der Waals surface area contributed by atoms with Gasteiger partial charge in [0.25, 0.3) is 0 Å². The van der Waals surface area contributed by atoms with Gasteiger partial charge in [-0.15, -0.1) is 0 Å². The van der Waals surface area contributed by atoms with Crippen molar-refractivity contribution < 1.29 is 19.8 Å². The maximum atomic E-state index is 12.6. The fourth-order valence-electron chi connectivity index (χ4n) is 4.13. The monoisotopic (exact) mass is 386 g/mol. The minimum absolute atomic E-state index is 0.00152. The Hall–Kier alpha value is -2.71. The first-order valence-electron chi connectivity index (χ1n) is 9.37. The molecule has 2 heterocycles. The van der Waals surface area contributed by atoms with Crippen molar-refractivity contribution in [2.75, 3.05) is 13.6 Å². The molecule has 0 spiro atoms. The molecular weight excluding hydrogens is 360 g/mol. The number of imidazole rings is 1. The smallest absolute Gasteiger partial charge is 0.315 e. The predicted molar refractivity (Wildman–Crippen MR) is 102 cm³/mol. The van der Waals surface area contributed by atoms with E-state index in [0.29, 0.717) is 18.7 Å². The second kappa shape index (κ2) is 7.37. The summed E-state index contributed by atoms with van der Waals surface area (Å²) in [7, 11) is 1.87. The maximum Gasteiger partial charge on any atom is 0.315 e. The molecule has 150 valence electrons. The summed E-state index contributed by atoms with van der Waals surface area (Å²) in [5.41, 5.74) is 2.91. The molecule has 3 rings (SSSR count). The summed E-state index contributed by atoms with van der Waals surface area (Å²) >= 11 is 0. The normalized spacial score (nSPS) is 23.9. The SMILES string of the molecule is CCN(C(=O)[O-])C1C[C@H](C)[N@+](C)(C(C)=O)c2ccc(-n3cnc(CO)c3)cc21. The Morgan fingerprint density at radius 2 is 2.14 bits per heavy atom. The molecule has 1 aliphatic heterocycles. The largest absolute Gasteiger partial charge is 0.530 e. The number of nitrogens with zero attached hydrogens (tertiary/aromatic N) is 4. The van der Waals surface area contributed by atoms with Gasteiger partial charge in [0.2, 0.25) is 0 Å². The standard InChI is InChI=1S/C20H26N4O4/c1-5-23(20(27)28)18-8-13(2)24(4,14(3)26)19-7-6-16(9-17(18)19)22-10-15(11-25)21-12-22/h6-7,9-10,12-13,18,25H,5,8,11H2,1-4H3/t13-,18?,24+/m0/s1. The lowest BCUT2D eigenvalue weighted by Crippen LogP contribution is -2.60. The average Bonchev–Trinajstić information content (AvgIpc) is 3.14. The third kappa shape index (κ3) is 3.08. The lowest BCUT2D eigenvalue weighted by molar-refractivity contribution is -0.268. The van der Waals surface area contributed by atoms with Crippen LogP contribution < -0.4 is 9.59 Å². The number of carbonyl (C=O) groups is 2. The van der Waals surface area contributed by atoms with E-state index in [1.165, 1.54) is 4.90 Å². The van der Waals surface area contributed by atoms with Gasteiger partial charge in [0.15, 0.2) is 0 Å². The van der Waals surface area contributed by atoms with Gasteiger partial charge in [-0.3, -0.25) is 0 Å². The molecule has 28 heavy (non-hydrogen) atoms. The van der Waals surface area contributed by atoms with Crippen molar-refractivity contribution in [1.82, 2.24) is 18.9 Å². The molecule has 1 aromatic carbocycles. The number of aliphatic hydroxyl groups excluding tert-OH is 1. The number of carboxylic acid groups (broad SMARTS) is 1. The Balaban J connectivity index is 2.20. The van der Waals surface area contributed by atoms with E-state index >= 15 is 0 Å². The third-order valence-electron chi connectivity index (χ3n) is 6.02. The quantitative estimate of drug-likeness (QED) is 0.800. The van der Waals surface area contributed by atoms with Gasteiger partial charge < -0.3 is 24.5 Å². The van der Waals surface area contributed by atoms with Crippen LogP contribution in [0.3, 0.4) is 0 Å². The number of benzene rings is 1. The average molecular weight is 386 g/mol. The first-order chi connectivity index (χ1) is 13.2. The molecule has 0 fully saturated rings. The Morgan fingerprint density at radius 1 is 1.43 bits per heavy atom. The lowest BCUT2D eigenvalue weighted by Gasteiger charge is -2.46. The van der Waals surface area contributed by atoms with Crippen LogP contribution in [-0.2, 0) is 11.4 Å². The summed E-state index contributed by atoms with van der Waals surface area (Å²) in [6.07, 6.45) is 2.61. The molecule has 0 radical (unpaired) electrons. The van der Waals surface area contributed by atoms with E-state index in [0.717, 1.165) is 16.9 Å². The summed E-state index contributed by atoms with van der Waals surface area (Å²) < 4.78 is 1.89. The van der Waals surface area contributed by atoms with Gasteiger partial charge in [0.1, 0.15) is 11.8 Å². The molecule has 1 N–H and O–H groups in total. The number of amides is 2. The minimum atomic E-state index is -1.22. The van der Waals surface area contributed by atoms with E-state index in [9.17, 15) is 19.8 Å². The van der Waals surface area contributed by atoms with Crippen LogP contribution in [0.15, 0.2) is 30.7 Å². The number of rotatable bonds is 4. The first-order valence-corrected chi connectivity index (χ1v) is 9.37. The second-order valence-electron chi connectivity index (χ2n) is 7.42. The molecule has 0 saturated carbocycles. The molecule has 0 saturated heterocycles. The number of aliphatic hydroxyl groups is 1. The Morgan fingerprint density at radius 3 is 2.68 bits per heavy atom. The zero-order valence-corrected chi connectivity index (χ0v) is 16.6. The van der Waals surface area contributed by atoms with Crippen molar-refractivity contribution in [2.24, 2.45) is 0 Å². The zero-order chi connectivity index (χ0) is 20.6. The highest BCUT2D eigenvalue weighted by Crippen LogP contribution is 2.44. The van der Waals surface area contributed by atoms with E-state index < -0.39 is 12.1 Å². The predicted octanol–water partition coefficient (Wildman–Crippen LogP) is 1.35. The van der Waals surface area contributed by atoms with Gasteiger partial charge in [-0.2, -0.15) is 0 Å². The lowest BCUT2D eigenvalue weighted by atomic mass is 9.88. The number of aromatic nitrogens is 2. The van der Waals surface area contributed by atoms with Gasteiger partial charge in [-0.05, 0) is 26.0 Å².